The summed E-state index contributed by atoms with van der Waals surface area (Å²) in [6.07, 6.45) is 3.88. The number of rotatable bonds is 10. The monoisotopic (exact) mass is 298 g/mol. The Morgan fingerprint density at radius 1 is 1.40 bits per heavy atom. The van der Waals surface area contributed by atoms with Gasteiger partial charge in [-0.15, -0.1) is 11.3 Å². The van der Waals surface area contributed by atoms with Gasteiger partial charge in [0.2, 0.25) is 0 Å². The number of nitrogens with zero attached hydrogens (tertiary/aromatic N) is 1. The van der Waals surface area contributed by atoms with E-state index >= 15 is 0 Å². The van der Waals surface area contributed by atoms with E-state index in [1.54, 1.807) is 18.4 Å². The maximum atomic E-state index is 5.91. The van der Waals surface area contributed by atoms with Crippen molar-refractivity contribution < 1.29 is 9.47 Å². The van der Waals surface area contributed by atoms with Gasteiger partial charge in [0.1, 0.15) is 11.1 Å². The molecule has 1 N–H and O–H groups in total. The van der Waals surface area contributed by atoms with Crippen LogP contribution in [0.15, 0.2) is 0 Å². The van der Waals surface area contributed by atoms with Gasteiger partial charge in [0.15, 0.2) is 0 Å². The number of ether oxygens (including phenoxy) is 2. The van der Waals surface area contributed by atoms with E-state index in [0.717, 1.165) is 36.8 Å². The number of methoxy groups -OCH3 is 1. The van der Waals surface area contributed by atoms with Gasteiger partial charge < -0.3 is 14.8 Å². The molecule has 5 heteroatoms. The molecule has 4 nitrogen and oxygen atoms in total. The van der Waals surface area contributed by atoms with Gasteiger partial charge in [0.05, 0.1) is 12.3 Å². The number of hydrogen-bond acceptors (Lipinski definition) is 5. The fourth-order valence-corrected chi connectivity index (χ4v) is 3.46. The van der Waals surface area contributed by atoms with Gasteiger partial charge in [0, 0.05) is 25.1 Å². The van der Waals surface area contributed by atoms with E-state index in [0.29, 0.717) is 12.5 Å². The molecule has 1 aromatic heterocycles. The summed E-state index contributed by atoms with van der Waals surface area (Å²) in [4.78, 5) is 6.08. The molecular weight excluding hydrogens is 272 g/mol. The third-order valence-corrected chi connectivity index (χ3v) is 4.59. The lowest BCUT2D eigenvalue weighted by Crippen LogP contribution is -2.14. The van der Waals surface area contributed by atoms with Gasteiger partial charge in [-0.3, -0.25) is 0 Å². The number of thiazole rings is 1. The standard InChI is InChI=1S/C15H26N2O2S/c1-4-8-16-9-13-12(10-18-3)17-15(20-13)14(19-5-2)11-6-7-11/h11,14,16H,4-10H2,1-3H3. The first kappa shape index (κ1) is 15.9. The molecule has 1 unspecified atom stereocenters. The third-order valence-electron chi connectivity index (χ3n) is 3.43. The average molecular weight is 298 g/mol. The molecule has 0 spiro atoms. The summed E-state index contributed by atoms with van der Waals surface area (Å²) in [5, 5.41) is 4.59. The summed E-state index contributed by atoms with van der Waals surface area (Å²) in [6, 6.07) is 0. The van der Waals surface area contributed by atoms with Crippen LogP contribution in [0.4, 0.5) is 0 Å². The molecular formula is C15H26N2O2S. The van der Waals surface area contributed by atoms with Gasteiger partial charge in [-0.25, -0.2) is 4.98 Å². The molecule has 0 aromatic carbocycles. The summed E-state index contributed by atoms with van der Waals surface area (Å²) in [5.74, 6) is 0.674. The Morgan fingerprint density at radius 2 is 2.20 bits per heavy atom. The molecule has 1 heterocycles. The minimum atomic E-state index is 0.195. The molecule has 1 aliphatic rings. The molecule has 1 atom stereocenters. The van der Waals surface area contributed by atoms with Crippen LogP contribution in [0.1, 0.15) is 54.8 Å². The van der Waals surface area contributed by atoms with E-state index in [1.165, 1.54) is 17.7 Å². The molecule has 1 saturated carbocycles. The number of nitrogens with one attached hydrogen (secondary N) is 1. The van der Waals surface area contributed by atoms with Crippen LogP contribution < -0.4 is 5.32 Å². The second-order valence-corrected chi connectivity index (χ2v) is 6.36. The zero-order chi connectivity index (χ0) is 14.4. The topological polar surface area (TPSA) is 43.4 Å². The van der Waals surface area contributed by atoms with Crippen molar-refractivity contribution in [3.05, 3.63) is 15.6 Å². The van der Waals surface area contributed by atoms with Crippen LogP contribution in [-0.4, -0.2) is 25.2 Å². The Balaban J connectivity index is 2.09. The lowest BCUT2D eigenvalue weighted by atomic mass is 10.2. The van der Waals surface area contributed by atoms with Crippen LogP contribution in [0.25, 0.3) is 0 Å². The van der Waals surface area contributed by atoms with Crippen LogP contribution in [0.2, 0.25) is 0 Å². The summed E-state index contributed by atoms with van der Waals surface area (Å²) < 4.78 is 11.2. The van der Waals surface area contributed by atoms with Crippen molar-refractivity contribution in [2.24, 2.45) is 5.92 Å². The van der Waals surface area contributed by atoms with Crippen molar-refractivity contribution in [3.63, 3.8) is 0 Å². The first-order chi connectivity index (χ1) is 9.80. The van der Waals surface area contributed by atoms with Crippen molar-refractivity contribution in [2.75, 3.05) is 20.3 Å². The molecule has 20 heavy (non-hydrogen) atoms. The molecule has 1 fully saturated rings. The molecule has 0 radical (unpaired) electrons. The van der Waals surface area contributed by atoms with Crippen molar-refractivity contribution in [1.29, 1.82) is 0 Å². The van der Waals surface area contributed by atoms with E-state index in [1.807, 2.05) is 0 Å². The van der Waals surface area contributed by atoms with Crippen LogP contribution >= 0.6 is 11.3 Å². The largest absolute Gasteiger partial charge is 0.378 e. The SMILES string of the molecule is CCCNCc1sc(C(OCC)C2CC2)nc1COC. The Kier molecular flexibility index (Phi) is 6.42. The summed E-state index contributed by atoms with van der Waals surface area (Å²) in [6.45, 7) is 7.50. The average Bonchev–Trinajstić information content (AvgIpc) is 3.20. The second-order valence-electron chi connectivity index (χ2n) is 5.25. The highest BCUT2D eigenvalue weighted by molar-refractivity contribution is 7.11. The molecule has 1 aliphatic carbocycles. The molecule has 2 rings (SSSR count). The second kappa shape index (κ2) is 8.08. The maximum absolute atomic E-state index is 5.91. The van der Waals surface area contributed by atoms with E-state index in [4.69, 9.17) is 14.5 Å². The highest BCUT2D eigenvalue weighted by Crippen LogP contribution is 2.44. The molecule has 0 saturated heterocycles. The Bertz CT molecular complexity index is 405. The number of aromatic nitrogens is 1. The van der Waals surface area contributed by atoms with Gasteiger partial charge in [-0.1, -0.05) is 6.92 Å². The lowest BCUT2D eigenvalue weighted by Gasteiger charge is -2.12. The van der Waals surface area contributed by atoms with E-state index in [2.05, 4.69) is 19.2 Å². The van der Waals surface area contributed by atoms with E-state index in [-0.39, 0.29) is 6.10 Å². The third kappa shape index (κ3) is 4.25. The molecule has 114 valence electrons. The van der Waals surface area contributed by atoms with Crippen LogP contribution in [0, 0.1) is 5.92 Å². The summed E-state index contributed by atoms with van der Waals surface area (Å²) in [5.41, 5.74) is 1.07. The van der Waals surface area contributed by atoms with Crippen LogP contribution in [-0.2, 0) is 22.6 Å². The quantitative estimate of drug-likeness (QED) is 0.673. The highest BCUT2D eigenvalue weighted by atomic mass is 32.1. The molecule has 0 amide bonds. The van der Waals surface area contributed by atoms with Gasteiger partial charge >= 0.3 is 0 Å². The van der Waals surface area contributed by atoms with Crippen LogP contribution in [0.5, 0.6) is 0 Å². The minimum absolute atomic E-state index is 0.195. The summed E-state index contributed by atoms with van der Waals surface area (Å²) in [7, 11) is 1.73. The normalized spacial score (nSPS) is 16.6. The fraction of sp³-hybridized carbons (Fsp3) is 0.800. The zero-order valence-corrected chi connectivity index (χ0v) is 13.6. The molecule has 0 bridgehead atoms. The predicted molar refractivity (Wildman–Crippen MR) is 81.9 cm³/mol. The maximum Gasteiger partial charge on any atom is 0.122 e. The van der Waals surface area contributed by atoms with Gasteiger partial charge in [-0.2, -0.15) is 0 Å². The van der Waals surface area contributed by atoms with Crippen molar-refractivity contribution in [1.82, 2.24) is 10.3 Å². The Morgan fingerprint density at radius 3 is 2.80 bits per heavy atom. The highest BCUT2D eigenvalue weighted by Gasteiger charge is 2.35. The first-order valence-electron chi connectivity index (χ1n) is 7.59. The van der Waals surface area contributed by atoms with E-state index < -0.39 is 0 Å². The Hall–Kier alpha value is -0.490. The van der Waals surface area contributed by atoms with Crippen molar-refractivity contribution in [2.45, 2.75) is 52.4 Å². The smallest absolute Gasteiger partial charge is 0.122 e. The lowest BCUT2D eigenvalue weighted by molar-refractivity contribution is 0.0459. The number of hydrogen-bond donors (Lipinski definition) is 1. The van der Waals surface area contributed by atoms with Crippen molar-refractivity contribution >= 4 is 11.3 Å². The van der Waals surface area contributed by atoms with Crippen LogP contribution in [0.3, 0.4) is 0 Å². The Labute approximate surface area is 125 Å². The van der Waals surface area contributed by atoms with E-state index in [9.17, 15) is 0 Å². The van der Waals surface area contributed by atoms with Gasteiger partial charge in [0.25, 0.3) is 0 Å². The van der Waals surface area contributed by atoms with Gasteiger partial charge in [-0.05, 0) is 38.6 Å². The minimum Gasteiger partial charge on any atom is -0.378 e. The zero-order valence-electron chi connectivity index (χ0n) is 12.8. The first-order valence-corrected chi connectivity index (χ1v) is 8.41. The molecule has 1 aromatic rings. The molecule has 0 aliphatic heterocycles. The fourth-order valence-electron chi connectivity index (χ4n) is 2.28. The summed E-state index contributed by atoms with van der Waals surface area (Å²) >= 11 is 1.79. The predicted octanol–water partition coefficient (Wildman–Crippen LogP) is 3.28. The van der Waals surface area contributed by atoms with Crippen molar-refractivity contribution in [3.8, 4) is 0 Å².